The van der Waals surface area contributed by atoms with Crippen molar-refractivity contribution in [3.05, 3.63) is 64.1 Å². The molecule has 1 aliphatic carbocycles. The maximum absolute atomic E-state index is 14.8. The molecule has 4 aromatic heterocycles. The lowest BCUT2D eigenvalue weighted by molar-refractivity contribution is -0.0137. The Morgan fingerprint density at radius 3 is 2.58 bits per heavy atom. The second kappa shape index (κ2) is 8.74. The number of aryl methyl sites for hydroxylation is 2. The number of thiophene rings is 1. The molecule has 5 heterocycles. The highest BCUT2D eigenvalue weighted by molar-refractivity contribution is 7.22. The lowest BCUT2D eigenvalue weighted by Gasteiger charge is -2.52. The van der Waals surface area contributed by atoms with E-state index in [0.717, 1.165) is 16.5 Å². The SMILES string of the molecule is Cc1c(-c2nc(Nc3ccc(C4CCC5(CC4)CN(C)C5)cn3)ncc2F)sc2ccn(C)c(=O)c12. The smallest absolute Gasteiger partial charge is 0.259 e. The van der Waals surface area contributed by atoms with Gasteiger partial charge in [0.15, 0.2) is 5.82 Å². The van der Waals surface area contributed by atoms with Crippen molar-refractivity contribution in [2.24, 2.45) is 12.5 Å². The maximum atomic E-state index is 14.8. The van der Waals surface area contributed by atoms with Crippen molar-refractivity contribution >= 4 is 33.2 Å². The molecule has 7 nitrogen and oxygen atoms in total. The number of hydrogen-bond donors (Lipinski definition) is 1. The van der Waals surface area contributed by atoms with Crippen LogP contribution in [0.15, 0.2) is 41.6 Å². The Labute approximate surface area is 213 Å². The van der Waals surface area contributed by atoms with Crippen LogP contribution in [0.1, 0.15) is 42.7 Å². The van der Waals surface area contributed by atoms with E-state index >= 15 is 0 Å². The molecular formula is C27H29FN6OS. The zero-order valence-electron chi connectivity index (χ0n) is 20.7. The largest absolute Gasteiger partial charge is 0.318 e. The summed E-state index contributed by atoms with van der Waals surface area (Å²) < 4.78 is 17.1. The van der Waals surface area contributed by atoms with Gasteiger partial charge in [-0.15, -0.1) is 11.3 Å². The first-order valence-electron chi connectivity index (χ1n) is 12.4. The average molecular weight is 505 g/mol. The van der Waals surface area contributed by atoms with Crippen molar-refractivity contribution in [3.63, 3.8) is 0 Å². The third kappa shape index (κ3) is 4.00. The van der Waals surface area contributed by atoms with Gasteiger partial charge in [0.2, 0.25) is 5.95 Å². The topological polar surface area (TPSA) is 75.9 Å². The Morgan fingerprint density at radius 2 is 1.89 bits per heavy atom. The lowest BCUT2D eigenvalue weighted by atomic mass is 9.65. The number of aromatic nitrogens is 4. The summed E-state index contributed by atoms with van der Waals surface area (Å²) >= 11 is 1.36. The molecule has 0 bridgehead atoms. The van der Waals surface area contributed by atoms with Crippen LogP contribution >= 0.6 is 11.3 Å². The first-order chi connectivity index (χ1) is 17.3. The zero-order chi connectivity index (χ0) is 25.0. The normalized spacial score (nSPS) is 18.0. The molecule has 0 unspecified atom stereocenters. The number of nitrogens with zero attached hydrogens (tertiary/aromatic N) is 5. The van der Waals surface area contributed by atoms with E-state index in [2.05, 4.69) is 38.3 Å². The summed E-state index contributed by atoms with van der Waals surface area (Å²) in [6.45, 7) is 4.30. The monoisotopic (exact) mass is 504 g/mol. The quantitative estimate of drug-likeness (QED) is 0.410. The van der Waals surface area contributed by atoms with Crippen LogP contribution in [0.2, 0.25) is 0 Å². The number of nitrogens with one attached hydrogen (secondary N) is 1. The number of anilines is 2. The highest BCUT2D eigenvalue weighted by Gasteiger charge is 2.43. The van der Waals surface area contributed by atoms with Gasteiger partial charge in [0, 0.05) is 37.2 Å². The summed E-state index contributed by atoms with van der Waals surface area (Å²) in [5.41, 5.74) is 2.63. The molecule has 0 amide bonds. The van der Waals surface area contributed by atoms with Crippen LogP contribution in [-0.4, -0.2) is 44.6 Å². The zero-order valence-corrected chi connectivity index (χ0v) is 21.5. The molecule has 1 saturated heterocycles. The molecular weight excluding hydrogens is 475 g/mol. The minimum atomic E-state index is -0.525. The average Bonchev–Trinajstić information content (AvgIpc) is 3.19. The van der Waals surface area contributed by atoms with E-state index in [1.165, 1.54) is 60.2 Å². The van der Waals surface area contributed by atoms with Crippen molar-refractivity contribution in [1.82, 2.24) is 24.4 Å². The van der Waals surface area contributed by atoms with E-state index in [1.54, 1.807) is 13.2 Å². The minimum Gasteiger partial charge on any atom is -0.318 e. The molecule has 2 aliphatic rings. The number of rotatable bonds is 4. The third-order valence-corrected chi connectivity index (χ3v) is 9.14. The van der Waals surface area contributed by atoms with Gasteiger partial charge in [-0.25, -0.2) is 19.3 Å². The highest BCUT2D eigenvalue weighted by atomic mass is 32.1. The van der Waals surface area contributed by atoms with Gasteiger partial charge in [0.1, 0.15) is 11.5 Å². The molecule has 1 spiro atoms. The number of likely N-dealkylation sites (tertiary alicyclic amines) is 1. The molecule has 186 valence electrons. The van der Waals surface area contributed by atoms with Gasteiger partial charge in [-0.05, 0) is 74.2 Å². The van der Waals surface area contributed by atoms with Crippen LogP contribution in [0.4, 0.5) is 16.2 Å². The van der Waals surface area contributed by atoms with Crippen molar-refractivity contribution in [2.75, 3.05) is 25.5 Å². The van der Waals surface area contributed by atoms with Crippen LogP contribution in [0.5, 0.6) is 0 Å². The van der Waals surface area contributed by atoms with Crippen molar-refractivity contribution in [2.45, 2.75) is 38.5 Å². The summed E-state index contributed by atoms with van der Waals surface area (Å²) in [5.74, 6) is 0.916. The Morgan fingerprint density at radius 1 is 1.11 bits per heavy atom. The van der Waals surface area contributed by atoms with Crippen LogP contribution in [0.3, 0.4) is 0 Å². The minimum absolute atomic E-state index is 0.0993. The summed E-state index contributed by atoms with van der Waals surface area (Å²) in [5, 5.41) is 3.71. The Hall–Kier alpha value is -3.17. The van der Waals surface area contributed by atoms with Gasteiger partial charge in [0.25, 0.3) is 5.56 Å². The van der Waals surface area contributed by atoms with E-state index in [-0.39, 0.29) is 17.2 Å². The molecule has 0 atom stereocenters. The van der Waals surface area contributed by atoms with Gasteiger partial charge < -0.3 is 14.8 Å². The van der Waals surface area contributed by atoms with Crippen LogP contribution in [0, 0.1) is 18.2 Å². The Bertz CT molecular complexity index is 1500. The second-order valence-corrected chi connectivity index (χ2v) is 11.5. The van der Waals surface area contributed by atoms with E-state index in [9.17, 15) is 9.18 Å². The van der Waals surface area contributed by atoms with Crippen molar-refractivity contribution in [1.29, 1.82) is 0 Å². The Balaban J connectivity index is 1.21. The predicted molar refractivity (Wildman–Crippen MR) is 141 cm³/mol. The van der Waals surface area contributed by atoms with Crippen molar-refractivity contribution in [3.8, 4) is 10.6 Å². The maximum Gasteiger partial charge on any atom is 0.259 e. The lowest BCUT2D eigenvalue weighted by Crippen LogP contribution is -2.55. The summed E-state index contributed by atoms with van der Waals surface area (Å²) in [7, 11) is 3.91. The first kappa shape index (κ1) is 23.2. The van der Waals surface area contributed by atoms with Gasteiger partial charge >= 0.3 is 0 Å². The molecule has 0 aromatic carbocycles. The highest BCUT2D eigenvalue weighted by Crippen LogP contribution is 2.47. The van der Waals surface area contributed by atoms with Gasteiger partial charge in [0.05, 0.1) is 16.5 Å². The van der Waals surface area contributed by atoms with Crippen LogP contribution in [0.25, 0.3) is 20.7 Å². The number of hydrogen-bond acceptors (Lipinski definition) is 7. The molecule has 1 saturated carbocycles. The van der Waals surface area contributed by atoms with E-state index in [4.69, 9.17) is 0 Å². The van der Waals surface area contributed by atoms with Gasteiger partial charge in [-0.2, -0.15) is 0 Å². The second-order valence-electron chi connectivity index (χ2n) is 10.5. The molecule has 36 heavy (non-hydrogen) atoms. The third-order valence-electron chi connectivity index (χ3n) is 7.87. The summed E-state index contributed by atoms with van der Waals surface area (Å²) in [6.07, 6.45) is 9.83. The van der Waals surface area contributed by atoms with Crippen LogP contribution < -0.4 is 10.9 Å². The van der Waals surface area contributed by atoms with Gasteiger partial charge in [-0.1, -0.05) is 6.07 Å². The molecule has 2 fully saturated rings. The number of fused-ring (bicyclic) bond motifs is 1. The molecule has 0 radical (unpaired) electrons. The fraction of sp³-hybridized carbons (Fsp3) is 0.407. The van der Waals surface area contributed by atoms with Gasteiger partial charge in [-0.3, -0.25) is 4.79 Å². The van der Waals surface area contributed by atoms with Crippen molar-refractivity contribution < 1.29 is 4.39 Å². The summed E-state index contributed by atoms with van der Waals surface area (Å²) in [4.78, 5) is 28.8. The molecule has 9 heteroatoms. The number of halogens is 1. The fourth-order valence-corrected chi connectivity index (χ4v) is 7.16. The molecule has 1 aliphatic heterocycles. The summed E-state index contributed by atoms with van der Waals surface area (Å²) in [6, 6.07) is 5.94. The first-order valence-corrected chi connectivity index (χ1v) is 13.2. The van der Waals surface area contributed by atoms with E-state index in [1.807, 2.05) is 25.3 Å². The fourth-order valence-electron chi connectivity index (χ4n) is 5.97. The van der Waals surface area contributed by atoms with E-state index in [0.29, 0.717) is 27.4 Å². The number of pyridine rings is 2. The van der Waals surface area contributed by atoms with E-state index < -0.39 is 5.82 Å². The Kier molecular flexibility index (Phi) is 5.64. The molecule has 1 N–H and O–H groups in total. The molecule has 4 aromatic rings. The standard InChI is InChI=1S/C27H29FN6OS/c1-16-22-20(8-11-34(3)25(22)35)36-24(16)23-19(28)13-30-26(32-23)31-21-5-4-18(12-29-21)17-6-9-27(10-7-17)14-33(2)15-27/h4-5,8,11-13,17H,6-7,9-10,14-15H2,1-3H3,(H,29,30,31,32). The van der Waals surface area contributed by atoms with Crippen LogP contribution in [-0.2, 0) is 7.05 Å². The predicted octanol–water partition coefficient (Wildman–Crippen LogP) is 5.23. The molecule has 6 rings (SSSR count).